The molecular weight excluding hydrogens is 312 g/mol. The molecule has 1 heterocycles. The van der Waals surface area contributed by atoms with E-state index < -0.39 is 0 Å². The molecule has 4 nitrogen and oxygen atoms in total. The third-order valence-electron chi connectivity index (χ3n) is 5.79. The fourth-order valence-electron chi connectivity index (χ4n) is 4.28. The van der Waals surface area contributed by atoms with Gasteiger partial charge in [0.1, 0.15) is 0 Å². The van der Waals surface area contributed by atoms with E-state index in [1.165, 1.54) is 30.4 Å². The number of benzene rings is 1. The van der Waals surface area contributed by atoms with Gasteiger partial charge in [0, 0.05) is 24.7 Å². The van der Waals surface area contributed by atoms with Crippen LogP contribution in [0.25, 0.3) is 0 Å². The molecule has 2 aliphatic rings. The van der Waals surface area contributed by atoms with Crippen LogP contribution < -0.4 is 5.32 Å². The van der Waals surface area contributed by atoms with Crippen molar-refractivity contribution < 1.29 is 9.59 Å². The molecule has 1 atom stereocenters. The topological polar surface area (TPSA) is 49.4 Å². The number of anilines is 1. The number of nitrogens with zero attached hydrogens (tertiary/aromatic N) is 1. The molecule has 0 spiro atoms. The molecule has 2 amide bonds. The van der Waals surface area contributed by atoms with Crippen LogP contribution in [0.4, 0.5) is 5.69 Å². The number of likely N-dealkylation sites (tertiary alicyclic amines) is 1. The van der Waals surface area contributed by atoms with E-state index >= 15 is 0 Å². The Hall–Kier alpha value is -1.84. The molecule has 0 radical (unpaired) electrons. The highest BCUT2D eigenvalue weighted by atomic mass is 16.2. The Balaban J connectivity index is 1.69. The average molecular weight is 342 g/mol. The van der Waals surface area contributed by atoms with Crippen LogP contribution in [0.2, 0.25) is 0 Å². The number of aryl methyl sites for hydroxylation is 2. The van der Waals surface area contributed by atoms with Crippen LogP contribution in [-0.4, -0.2) is 29.3 Å². The van der Waals surface area contributed by atoms with Crippen LogP contribution in [0.1, 0.15) is 63.5 Å². The van der Waals surface area contributed by atoms with Crippen molar-refractivity contribution in [2.75, 3.05) is 11.9 Å². The summed E-state index contributed by atoms with van der Waals surface area (Å²) in [4.78, 5) is 27.2. The molecule has 1 saturated carbocycles. The highest BCUT2D eigenvalue weighted by Crippen LogP contribution is 2.30. The monoisotopic (exact) mass is 342 g/mol. The summed E-state index contributed by atoms with van der Waals surface area (Å²) >= 11 is 0. The van der Waals surface area contributed by atoms with Gasteiger partial charge in [-0.25, -0.2) is 0 Å². The molecular formula is C21H30N2O2. The van der Waals surface area contributed by atoms with Gasteiger partial charge in [-0.05, 0) is 36.8 Å². The van der Waals surface area contributed by atoms with E-state index in [0.29, 0.717) is 19.0 Å². The Labute approximate surface area is 151 Å². The van der Waals surface area contributed by atoms with Gasteiger partial charge in [-0.15, -0.1) is 0 Å². The largest absolute Gasteiger partial charge is 0.339 e. The lowest BCUT2D eigenvalue weighted by Crippen LogP contribution is -2.38. The standard InChI is InChI=1S/C21H30N2O2/c1-3-15-9-8-10-16(4-2)20(15)22-21(25)17-13-19(24)23(14-17)18-11-6-5-7-12-18/h8-10,17-18H,3-7,11-14H2,1-2H3,(H,22,25)/t17-/m1/s1. The van der Waals surface area contributed by atoms with Gasteiger partial charge in [0.25, 0.3) is 0 Å². The van der Waals surface area contributed by atoms with Crippen molar-refractivity contribution in [3.05, 3.63) is 29.3 Å². The molecule has 1 N–H and O–H groups in total. The summed E-state index contributed by atoms with van der Waals surface area (Å²) in [5, 5.41) is 3.15. The Morgan fingerprint density at radius 1 is 1.12 bits per heavy atom. The highest BCUT2D eigenvalue weighted by molar-refractivity contribution is 5.98. The van der Waals surface area contributed by atoms with Crippen molar-refractivity contribution in [3.63, 3.8) is 0 Å². The number of nitrogens with one attached hydrogen (secondary N) is 1. The van der Waals surface area contributed by atoms with Crippen LogP contribution >= 0.6 is 0 Å². The number of hydrogen-bond donors (Lipinski definition) is 1. The number of hydrogen-bond acceptors (Lipinski definition) is 2. The minimum absolute atomic E-state index is 0.00209. The zero-order chi connectivity index (χ0) is 17.8. The third kappa shape index (κ3) is 3.88. The smallest absolute Gasteiger partial charge is 0.229 e. The van der Waals surface area contributed by atoms with E-state index in [1.807, 2.05) is 4.90 Å². The van der Waals surface area contributed by atoms with Crippen molar-refractivity contribution in [2.45, 2.75) is 71.3 Å². The lowest BCUT2D eigenvalue weighted by Gasteiger charge is -2.31. The maximum atomic E-state index is 12.8. The molecule has 1 aromatic rings. The molecule has 1 aliphatic heterocycles. The minimum Gasteiger partial charge on any atom is -0.339 e. The maximum absolute atomic E-state index is 12.8. The van der Waals surface area contributed by atoms with Gasteiger partial charge >= 0.3 is 0 Å². The Bertz CT molecular complexity index is 613. The van der Waals surface area contributed by atoms with Gasteiger partial charge in [-0.3, -0.25) is 9.59 Å². The molecule has 1 aromatic carbocycles. The minimum atomic E-state index is -0.218. The van der Waals surface area contributed by atoms with Gasteiger partial charge < -0.3 is 10.2 Å². The Kier molecular flexibility index (Phi) is 5.77. The zero-order valence-corrected chi connectivity index (χ0v) is 15.5. The number of carbonyl (C=O) groups excluding carboxylic acids is 2. The quantitative estimate of drug-likeness (QED) is 0.881. The summed E-state index contributed by atoms with van der Waals surface area (Å²) in [6, 6.07) is 6.55. The molecule has 0 aromatic heterocycles. The zero-order valence-electron chi connectivity index (χ0n) is 15.5. The number of rotatable bonds is 5. The van der Waals surface area contributed by atoms with E-state index in [4.69, 9.17) is 0 Å². The summed E-state index contributed by atoms with van der Waals surface area (Å²) in [5.41, 5.74) is 3.29. The second-order valence-corrected chi connectivity index (χ2v) is 7.39. The lowest BCUT2D eigenvalue weighted by atomic mass is 9.94. The second-order valence-electron chi connectivity index (χ2n) is 7.39. The Morgan fingerprint density at radius 2 is 1.76 bits per heavy atom. The van der Waals surface area contributed by atoms with Crippen molar-refractivity contribution in [1.82, 2.24) is 4.90 Å². The summed E-state index contributed by atoms with van der Waals surface area (Å²) in [6.07, 6.45) is 8.01. The van der Waals surface area contributed by atoms with Crippen LogP contribution in [0.3, 0.4) is 0 Å². The van der Waals surface area contributed by atoms with Gasteiger partial charge in [0.2, 0.25) is 11.8 Å². The van der Waals surface area contributed by atoms with E-state index in [9.17, 15) is 9.59 Å². The SMILES string of the molecule is CCc1cccc(CC)c1NC(=O)[C@@H]1CC(=O)N(C2CCCCC2)C1. The predicted octanol–water partition coefficient (Wildman–Crippen LogP) is 3.93. The number of carbonyl (C=O) groups is 2. The average Bonchev–Trinajstić information content (AvgIpc) is 3.04. The normalized spacial score (nSPS) is 21.6. The van der Waals surface area contributed by atoms with Crippen molar-refractivity contribution in [2.24, 2.45) is 5.92 Å². The fraction of sp³-hybridized carbons (Fsp3) is 0.619. The Morgan fingerprint density at radius 3 is 2.36 bits per heavy atom. The van der Waals surface area contributed by atoms with E-state index in [1.54, 1.807) is 0 Å². The summed E-state index contributed by atoms with van der Waals surface area (Å²) in [6.45, 7) is 4.80. The van der Waals surface area contributed by atoms with Crippen molar-refractivity contribution in [3.8, 4) is 0 Å². The number of para-hydroxylation sites is 1. The third-order valence-corrected chi connectivity index (χ3v) is 5.79. The van der Waals surface area contributed by atoms with Crippen LogP contribution in [0, 0.1) is 5.92 Å². The molecule has 1 aliphatic carbocycles. The molecule has 136 valence electrons. The summed E-state index contributed by atoms with van der Waals surface area (Å²) in [7, 11) is 0. The van der Waals surface area contributed by atoms with Gasteiger partial charge in [0.15, 0.2) is 0 Å². The molecule has 2 fully saturated rings. The van der Waals surface area contributed by atoms with E-state index in [0.717, 1.165) is 31.4 Å². The summed E-state index contributed by atoms with van der Waals surface area (Å²) < 4.78 is 0. The lowest BCUT2D eigenvalue weighted by molar-refractivity contribution is -0.130. The first kappa shape index (κ1) is 18.0. The first-order valence-electron chi connectivity index (χ1n) is 9.85. The van der Waals surface area contributed by atoms with Crippen LogP contribution in [-0.2, 0) is 22.4 Å². The molecule has 0 unspecified atom stereocenters. The molecule has 0 bridgehead atoms. The van der Waals surface area contributed by atoms with Crippen molar-refractivity contribution >= 4 is 17.5 Å². The van der Waals surface area contributed by atoms with Gasteiger partial charge in [-0.2, -0.15) is 0 Å². The first-order valence-corrected chi connectivity index (χ1v) is 9.85. The van der Waals surface area contributed by atoms with Gasteiger partial charge in [-0.1, -0.05) is 51.3 Å². The van der Waals surface area contributed by atoms with E-state index in [2.05, 4.69) is 37.4 Å². The maximum Gasteiger partial charge on any atom is 0.229 e. The molecule has 25 heavy (non-hydrogen) atoms. The first-order chi connectivity index (χ1) is 12.1. The molecule has 3 rings (SSSR count). The van der Waals surface area contributed by atoms with Crippen molar-refractivity contribution in [1.29, 1.82) is 0 Å². The second kappa shape index (κ2) is 8.03. The molecule has 1 saturated heterocycles. The van der Waals surface area contributed by atoms with Crippen LogP contribution in [0.5, 0.6) is 0 Å². The van der Waals surface area contributed by atoms with Crippen LogP contribution in [0.15, 0.2) is 18.2 Å². The molecule has 4 heteroatoms. The van der Waals surface area contributed by atoms with Gasteiger partial charge in [0.05, 0.1) is 5.92 Å². The highest BCUT2D eigenvalue weighted by Gasteiger charge is 2.38. The predicted molar refractivity (Wildman–Crippen MR) is 101 cm³/mol. The fourth-order valence-corrected chi connectivity index (χ4v) is 4.28. The number of amides is 2. The van der Waals surface area contributed by atoms with E-state index in [-0.39, 0.29) is 17.7 Å². The summed E-state index contributed by atoms with van der Waals surface area (Å²) in [5.74, 6) is -0.0575.